The Morgan fingerprint density at radius 1 is 1.36 bits per heavy atom. The van der Waals surface area contributed by atoms with E-state index >= 15 is 0 Å². The fourth-order valence-electron chi connectivity index (χ4n) is 2.53. The molecule has 0 radical (unpaired) electrons. The van der Waals surface area contributed by atoms with Gasteiger partial charge in [-0.15, -0.1) is 0 Å². The van der Waals surface area contributed by atoms with Crippen LogP contribution in [-0.4, -0.2) is 18.0 Å². The lowest BCUT2D eigenvalue weighted by atomic mass is 9.98. The topological polar surface area (TPSA) is 29.5 Å². The Kier molecular flexibility index (Phi) is 1.90. The first-order chi connectivity index (χ1) is 5.27. The van der Waals surface area contributed by atoms with Crippen LogP contribution in [0.3, 0.4) is 0 Å². The van der Waals surface area contributed by atoms with E-state index in [9.17, 15) is 5.11 Å². The second kappa shape index (κ2) is 2.76. The van der Waals surface area contributed by atoms with Crippen molar-refractivity contribution in [1.82, 2.24) is 0 Å². The molecule has 64 valence electrons. The van der Waals surface area contributed by atoms with Crippen LogP contribution < -0.4 is 0 Å². The first-order valence-corrected chi connectivity index (χ1v) is 4.57. The number of hydrogen-bond acceptors (Lipinski definition) is 2. The molecule has 0 aromatic heterocycles. The summed E-state index contributed by atoms with van der Waals surface area (Å²) in [5, 5.41) is 9.52. The van der Waals surface area contributed by atoms with Crippen molar-refractivity contribution in [2.45, 2.75) is 32.5 Å². The Bertz CT molecular complexity index is 146. The summed E-state index contributed by atoms with van der Waals surface area (Å²) in [6.07, 6.45) is 3.16. The van der Waals surface area contributed by atoms with Gasteiger partial charge in [0, 0.05) is 12.5 Å². The van der Waals surface area contributed by atoms with Crippen LogP contribution in [0.25, 0.3) is 0 Å². The maximum atomic E-state index is 9.52. The van der Waals surface area contributed by atoms with Crippen LogP contribution in [0.5, 0.6) is 0 Å². The standard InChI is InChI=1S/C9H16O2/c1-6-4-7-2-3-11-9(10)8(6)5-7/h6-10H,2-5H2,1H3/t6?,7-,8?,9?/m1/s1. The fourth-order valence-corrected chi connectivity index (χ4v) is 2.53. The van der Waals surface area contributed by atoms with Gasteiger partial charge in [0.05, 0.1) is 0 Å². The normalized spacial score (nSPS) is 50.7. The lowest BCUT2D eigenvalue weighted by Crippen LogP contribution is -2.25. The van der Waals surface area contributed by atoms with Crippen molar-refractivity contribution < 1.29 is 9.84 Å². The SMILES string of the molecule is CC1C[C@H]2CCOC(O)C1C2. The van der Waals surface area contributed by atoms with E-state index in [0.717, 1.165) is 18.9 Å². The summed E-state index contributed by atoms with van der Waals surface area (Å²) < 4.78 is 5.26. The summed E-state index contributed by atoms with van der Waals surface area (Å²) >= 11 is 0. The van der Waals surface area contributed by atoms with E-state index < -0.39 is 6.29 Å². The number of ether oxygens (including phenoxy) is 1. The third kappa shape index (κ3) is 1.30. The minimum absolute atomic E-state index is 0.419. The van der Waals surface area contributed by atoms with Gasteiger partial charge >= 0.3 is 0 Å². The molecule has 1 aliphatic carbocycles. The molecule has 1 heterocycles. The number of aliphatic hydroxyl groups excluding tert-OH is 1. The minimum atomic E-state index is -0.475. The van der Waals surface area contributed by atoms with E-state index in [1.807, 2.05) is 0 Å². The van der Waals surface area contributed by atoms with E-state index in [0.29, 0.717) is 11.8 Å². The average Bonchev–Trinajstić information content (AvgIpc) is 2.20. The predicted molar refractivity (Wildman–Crippen MR) is 42.0 cm³/mol. The highest BCUT2D eigenvalue weighted by molar-refractivity contribution is 4.84. The van der Waals surface area contributed by atoms with Gasteiger partial charge in [0.25, 0.3) is 0 Å². The lowest BCUT2D eigenvalue weighted by molar-refractivity contribution is -0.136. The number of fused-ring (bicyclic) bond motifs is 2. The van der Waals surface area contributed by atoms with Crippen molar-refractivity contribution in [3.8, 4) is 0 Å². The van der Waals surface area contributed by atoms with Crippen LogP contribution in [0.2, 0.25) is 0 Å². The van der Waals surface area contributed by atoms with Crippen molar-refractivity contribution >= 4 is 0 Å². The van der Waals surface area contributed by atoms with Crippen molar-refractivity contribution in [2.75, 3.05) is 6.61 Å². The molecule has 2 nitrogen and oxygen atoms in total. The Morgan fingerprint density at radius 2 is 2.18 bits per heavy atom. The van der Waals surface area contributed by atoms with Gasteiger partial charge < -0.3 is 9.84 Å². The molecular weight excluding hydrogens is 140 g/mol. The van der Waals surface area contributed by atoms with E-state index in [2.05, 4.69) is 6.92 Å². The molecule has 2 rings (SSSR count). The monoisotopic (exact) mass is 156 g/mol. The molecule has 2 heteroatoms. The zero-order valence-electron chi connectivity index (χ0n) is 6.99. The fraction of sp³-hybridized carbons (Fsp3) is 1.00. The molecule has 11 heavy (non-hydrogen) atoms. The molecule has 1 saturated heterocycles. The third-order valence-corrected chi connectivity index (χ3v) is 3.22. The predicted octanol–water partition coefficient (Wildman–Crippen LogP) is 1.39. The summed E-state index contributed by atoms with van der Waals surface area (Å²) in [6, 6.07) is 0. The molecule has 2 bridgehead atoms. The van der Waals surface area contributed by atoms with Gasteiger partial charge in [-0.2, -0.15) is 0 Å². The van der Waals surface area contributed by atoms with Crippen molar-refractivity contribution in [1.29, 1.82) is 0 Å². The lowest BCUT2D eigenvalue weighted by Gasteiger charge is -2.21. The highest BCUT2D eigenvalue weighted by Crippen LogP contribution is 2.42. The number of hydrogen-bond donors (Lipinski definition) is 1. The van der Waals surface area contributed by atoms with Gasteiger partial charge in [0.2, 0.25) is 0 Å². The van der Waals surface area contributed by atoms with Crippen molar-refractivity contribution in [3.05, 3.63) is 0 Å². The molecule has 2 aliphatic rings. The van der Waals surface area contributed by atoms with E-state index in [-0.39, 0.29) is 0 Å². The third-order valence-electron chi connectivity index (χ3n) is 3.22. The molecule has 1 saturated carbocycles. The van der Waals surface area contributed by atoms with Crippen molar-refractivity contribution in [3.63, 3.8) is 0 Å². The maximum Gasteiger partial charge on any atom is 0.157 e. The average molecular weight is 156 g/mol. The Hall–Kier alpha value is -0.0800. The minimum Gasteiger partial charge on any atom is -0.368 e. The van der Waals surface area contributed by atoms with E-state index in [1.54, 1.807) is 0 Å². The smallest absolute Gasteiger partial charge is 0.157 e. The van der Waals surface area contributed by atoms with E-state index in [4.69, 9.17) is 4.74 Å². The highest BCUT2D eigenvalue weighted by Gasteiger charge is 2.38. The maximum absolute atomic E-state index is 9.52. The molecular formula is C9H16O2. The summed E-state index contributed by atoms with van der Waals surface area (Å²) in [5.74, 6) is 1.91. The summed E-state index contributed by atoms with van der Waals surface area (Å²) in [7, 11) is 0. The first-order valence-electron chi connectivity index (χ1n) is 4.57. The highest BCUT2D eigenvalue weighted by atomic mass is 16.6. The Morgan fingerprint density at radius 3 is 3.00 bits per heavy atom. The molecule has 0 aromatic carbocycles. The molecule has 4 atom stereocenters. The Labute approximate surface area is 67.6 Å². The largest absolute Gasteiger partial charge is 0.368 e. The number of aliphatic hydroxyl groups is 1. The zero-order chi connectivity index (χ0) is 7.84. The quantitative estimate of drug-likeness (QED) is 0.574. The van der Waals surface area contributed by atoms with Crippen LogP contribution >= 0.6 is 0 Å². The second-order valence-corrected chi connectivity index (χ2v) is 4.03. The summed E-state index contributed by atoms with van der Waals surface area (Å²) in [4.78, 5) is 0. The molecule has 3 unspecified atom stereocenters. The second-order valence-electron chi connectivity index (χ2n) is 4.03. The molecule has 2 fully saturated rings. The molecule has 1 N–H and O–H groups in total. The van der Waals surface area contributed by atoms with Crippen molar-refractivity contribution in [2.24, 2.45) is 17.8 Å². The molecule has 0 aromatic rings. The molecule has 0 amide bonds. The first kappa shape index (κ1) is 7.56. The summed E-state index contributed by atoms with van der Waals surface area (Å²) in [5.41, 5.74) is 0. The number of rotatable bonds is 0. The zero-order valence-corrected chi connectivity index (χ0v) is 6.99. The molecule has 1 aliphatic heterocycles. The van der Waals surface area contributed by atoms with Gasteiger partial charge in [-0.25, -0.2) is 0 Å². The van der Waals surface area contributed by atoms with Crippen LogP contribution in [0.1, 0.15) is 26.2 Å². The Balaban J connectivity index is 2.09. The van der Waals surface area contributed by atoms with Gasteiger partial charge in [-0.1, -0.05) is 6.92 Å². The summed E-state index contributed by atoms with van der Waals surface area (Å²) in [6.45, 7) is 2.98. The van der Waals surface area contributed by atoms with Crippen LogP contribution in [0, 0.1) is 17.8 Å². The van der Waals surface area contributed by atoms with Crippen LogP contribution in [-0.2, 0) is 4.74 Å². The van der Waals surface area contributed by atoms with Crippen LogP contribution in [0.4, 0.5) is 0 Å². The van der Waals surface area contributed by atoms with Gasteiger partial charge in [-0.05, 0) is 31.1 Å². The molecule has 0 spiro atoms. The van der Waals surface area contributed by atoms with Gasteiger partial charge in [0.1, 0.15) is 0 Å². The van der Waals surface area contributed by atoms with Gasteiger partial charge in [0.15, 0.2) is 6.29 Å². The van der Waals surface area contributed by atoms with Gasteiger partial charge in [-0.3, -0.25) is 0 Å². The van der Waals surface area contributed by atoms with Crippen LogP contribution in [0.15, 0.2) is 0 Å². The van der Waals surface area contributed by atoms with E-state index in [1.165, 1.54) is 12.8 Å².